The molecule has 0 aliphatic carbocycles. The fraction of sp³-hybridized carbons (Fsp3) is 0.259. The second-order valence-electron chi connectivity index (χ2n) is 9.33. The number of ether oxygens (including phenoxy) is 2. The number of hydrogen-bond acceptors (Lipinski definition) is 6. The minimum absolute atomic E-state index is 0.0570. The number of aromatic amines is 1. The molecule has 2 aromatic heterocycles. The Kier molecular flexibility index (Phi) is 6.55. The number of rotatable bonds is 5. The van der Waals surface area contributed by atoms with Crippen LogP contribution < -0.4 is 9.47 Å². The zero-order valence-corrected chi connectivity index (χ0v) is 22.8. The lowest BCUT2D eigenvalue weighted by atomic mass is 9.97. The first-order valence-electron chi connectivity index (χ1n) is 12.2. The normalized spacial score (nSPS) is 16.2. The van der Waals surface area contributed by atoms with Gasteiger partial charge < -0.3 is 14.5 Å². The predicted molar refractivity (Wildman–Crippen MR) is 145 cm³/mol. The summed E-state index contributed by atoms with van der Waals surface area (Å²) < 4.78 is 39.0. The van der Waals surface area contributed by atoms with Crippen molar-refractivity contribution in [2.75, 3.05) is 19.9 Å². The summed E-state index contributed by atoms with van der Waals surface area (Å²) in [6.45, 7) is 2.88. The van der Waals surface area contributed by atoms with E-state index in [1.807, 2.05) is 43.3 Å². The number of sulfonamides is 1. The maximum absolute atomic E-state index is 13.2. The number of halogens is 2. The minimum atomic E-state index is -3.68. The van der Waals surface area contributed by atoms with Crippen LogP contribution in [0.4, 0.5) is 0 Å². The van der Waals surface area contributed by atoms with Crippen molar-refractivity contribution in [3.63, 3.8) is 0 Å². The quantitative estimate of drug-likeness (QED) is 0.313. The number of aryl methyl sites for hydroxylation is 1. The van der Waals surface area contributed by atoms with Crippen LogP contribution in [0.5, 0.6) is 11.5 Å². The number of nitrogens with one attached hydrogen (secondary N) is 1. The van der Waals surface area contributed by atoms with Crippen molar-refractivity contribution in [1.82, 2.24) is 19.3 Å². The Morgan fingerprint density at radius 2 is 1.74 bits per heavy atom. The largest absolute Gasteiger partial charge is 0.454 e. The lowest BCUT2D eigenvalue weighted by Gasteiger charge is -2.30. The number of benzene rings is 2. The van der Waals surface area contributed by atoms with Gasteiger partial charge in [-0.25, -0.2) is 13.4 Å². The van der Waals surface area contributed by atoms with Crippen LogP contribution in [0.25, 0.3) is 22.6 Å². The highest BCUT2D eigenvalue weighted by molar-refractivity contribution is 7.89. The molecule has 0 atom stereocenters. The standard InChI is InChI=1S/C27H24Cl2N4O4S/c1-16-3-2-4-22(30-16)26-25(18-5-8-23-24(13-18)37-15-36-23)31-27(32-26)17-9-11-33(12-10-17)38(34,35)19-6-7-20(28)21(29)14-19/h2-8,13-14,17H,9-12,15H2,1H3,(H,31,32). The molecule has 0 bridgehead atoms. The van der Waals surface area contributed by atoms with Gasteiger partial charge in [0.25, 0.3) is 0 Å². The summed E-state index contributed by atoms with van der Waals surface area (Å²) in [6.07, 6.45) is 1.24. The summed E-state index contributed by atoms with van der Waals surface area (Å²) >= 11 is 12.0. The highest BCUT2D eigenvalue weighted by Gasteiger charge is 2.32. The van der Waals surface area contributed by atoms with E-state index in [1.54, 1.807) is 0 Å². The van der Waals surface area contributed by atoms with Crippen molar-refractivity contribution in [2.24, 2.45) is 0 Å². The van der Waals surface area contributed by atoms with Crippen LogP contribution in [0.2, 0.25) is 10.0 Å². The van der Waals surface area contributed by atoms with Gasteiger partial charge in [-0.15, -0.1) is 0 Å². The third kappa shape index (κ3) is 4.64. The van der Waals surface area contributed by atoms with Gasteiger partial charge in [0.05, 0.1) is 32.0 Å². The number of aromatic nitrogens is 3. The highest BCUT2D eigenvalue weighted by Crippen LogP contribution is 2.40. The molecule has 2 aliphatic rings. The smallest absolute Gasteiger partial charge is 0.243 e. The molecule has 0 radical (unpaired) electrons. The third-order valence-electron chi connectivity index (χ3n) is 6.88. The summed E-state index contributed by atoms with van der Waals surface area (Å²) in [5.41, 5.74) is 4.15. The lowest BCUT2D eigenvalue weighted by molar-refractivity contribution is 0.174. The zero-order chi connectivity index (χ0) is 26.4. The van der Waals surface area contributed by atoms with E-state index in [9.17, 15) is 8.42 Å². The number of nitrogens with zero attached hydrogens (tertiary/aromatic N) is 3. The number of pyridine rings is 1. The van der Waals surface area contributed by atoms with Crippen LogP contribution in [0.15, 0.2) is 59.5 Å². The van der Waals surface area contributed by atoms with Crippen molar-refractivity contribution in [3.8, 4) is 34.1 Å². The molecular weight excluding hydrogens is 547 g/mol. The fourth-order valence-corrected chi connectivity index (χ4v) is 6.72. The second-order valence-corrected chi connectivity index (χ2v) is 12.1. The molecule has 4 aromatic rings. The van der Waals surface area contributed by atoms with E-state index in [0.717, 1.165) is 34.2 Å². The van der Waals surface area contributed by atoms with E-state index < -0.39 is 10.0 Å². The van der Waals surface area contributed by atoms with Gasteiger partial charge in [-0.1, -0.05) is 29.3 Å². The average Bonchev–Trinajstić information content (AvgIpc) is 3.57. The Bertz CT molecular complexity index is 1630. The zero-order valence-electron chi connectivity index (χ0n) is 20.4. The lowest BCUT2D eigenvalue weighted by Crippen LogP contribution is -2.38. The molecule has 8 nitrogen and oxygen atoms in total. The molecule has 38 heavy (non-hydrogen) atoms. The molecule has 2 aromatic carbocycles. The molecule has 0 amide bonds. The van der Waals surface area contributed by atoms with Crippen LogP contribution in [-0.4, -0.2) is 47.6 Å². The van der Waals surface area contributed by atoms with Crippen molar-refractivity contribution < 1.29 is 17.9 Å². The third-order valence-corrected chi connectivity index (χ3v) is 9.52. The highest BCUT2D eigenvalue weighted by atomic mass is 35.5. The summed E-state index contributed by atoms with van der Waals surface area (Å²) in [7, 11) is -3.68. The van der Waals surface area contributed by atoms with Crippen LogP contribution in [0, 0.1) is 6.92 Å². The molecule has 1 saturated heterocycles. The number of H-pyrrole nitrogens is 1. The summed E-state index contributed by atoms with van der Waals surface area (Å²) in [6, 6.07) is 16.0. The molecule has 1 N–H and O–H groups in total. The van der Waals surface area contributed by atoms with Crippen molar-refractivity contribution in [1.29, 1.82) is 0 Å². The molecule has 196 valence electrons. The van der Waals surface area contributed by atoms with Crippen molar-refractivity contribution >= 4 is 33.2 Å². The summed E-state index contributed by atoms with van der Waals surface area (Å²) in [4.78, 5) is 13.4. The fourth-order valence-electron chi connectivity index (χ4n) is 4.86. The SMILES string of the molecule is Cc1cccc(-c2[nH]c(C3CCN(S(=O)(=O)c4ccc(Cl)c(Cl)c4)CC3)nc2-c2ccc3c(c2)OCO3)n1. The van der Waals surface area contributed by atoms with Crippen LogP contribution in [0.3, 0.4) is 0 Å². The minimum Gasteiger partial charge on any atom is -0.454 e. The molecule has 1 fully saturated rings. The van der Waals surface area contributed by atoms with Gasteiger partial charge in [-0.2, -0.15) is 4.31 Å². The average molecular weight is 571 g/mol. The maximum Gasteiger partial charge on any atom is 0.243 e. The topological polar surface area (TPSA) is 97.4 Å². The summed E-state index contributed by atoms with van der Waals surface area (Å²) in [5.74, 6) is 2.25. The Labute approximate surface area is 230 Å². The van der Waals surface area contributed by atoms with Crippen molar-refractivity contribution in [3.05, 3.63) is 76.2 Å². The first-order chi connectivity index (χ1) is 18.3. The first-order valence-corrected chi connectivity index (χ1v) is 14.4. The van der Waals surface area contributed by atoms with E-state index in [-0.39, 0.29) is 22.6 Å². The molecular formula is C27H24Cl2N4O4S. The molecule has 4 heterocycles. The Morgan fingerprint density at radius 1 is 0.947 bits per heavy atom. The number of imidazole rings is 1. The van der Waals surface area contributed by atoms with E-state index in [4.69, 9.17) is 42.6 Å². The van der Waals surface area contributed by atoms with Gasteiger partial charge in [-0.05, 0) is 68.3 Å². The molecule has 11 heteroatoms. The van der Waals surface area contributed by atoms with E-state index in [2.05, 4.69) is 4.98 Å². The van der Waals surface area contributed by atoms with Crippen molar-refractivity contribution in [2.45, 2.75) is 30.6 Å². The van der Waals surface area contributed by atoms with Gasteiger partial charge in [0, 0.05) is 30.3 Å². The second kappa shape index (κ2) is 9.89. The van der Waals surface area contributed by atoms with Crippen LogP contribution >= 0.6 is 23.2 Å². The van der Waals surface area contributed by atoms with Crippen LogP contribution in [0.1, 0.15) is 30.3 Å². The predicted octanol–water partition coefficient (Wildman–Crippen LogP) is 6.05. The molecule has 0 unspecified atom stereocenters. The van der Waals surface area contributed by atoms with E-state index >= 15 is 0 Å². The van der Waals surface area contributed by atoms with Crippen LogP contribution in [-0.2, 0) is 10.0 Å². The van der Waals surface area contributed by atoms with Gasteiger partial charge in [-0.3, -0.25) is 4.98 Å². The van der Waals surface area contributed by atoms with Gasteiger partial charge in [0.15, 0.2) is 11.5 Å². The molecule has 6 rings (SSSR count). The number of piperidine rings is 1. The number of hydrogen-bond donors (Lipinski definition) is 1. The molecule has 0 saturated carbocycles. The monoisotopic (exact) mass is 570 g/mol. The maximum atomic E-state index is 13.2. The van der Waals surface area contributed by atoms with Gasteiger partial charge in [0.2, 0.25) is 16.8 Å². The van der Waals surface area contributed by atoms with E-state index in [0.29, 0.717) is 42.5 Å². The Balaban J connectivity index is 1.29. The number of fused-ring (bicyclic) bond motifs is 1. The molecule has 2 aliphatic heterocycles. The van der Waals surface area contributed by atoms with Gasteiger partial charge >= 0.3 is 0 Å². The molecule has 0 spiro atoms. The van der Waals surface area contributed by atoms with Gasteiger partial charge in [0.1, 0.15) is 5.82 Å². The summed E-state index contributed by atoms with van der Waals surface area (Å²) in [5, 5.41) is 0.533. The Hall–Kier alpha value is -3.11. The Morgan fingerprint density at radius 3 is 2.50 bits per heavy atom. The van der Waals surface area contributed by atoms with E-state index in [1.165, 1.54) is 22.5 Å². The first kappa shape index (κ1) is 25.2.